The first-order chi connectivity index (χ1) is 24.8. The van der Waals surface area contributed by atoms with Crippen molar-refractivity contribution >= 4 is 17.1 Å². The molecule has 0 amide bonds. The third kappa shape index (κ3) is 5.96. The van der Waals surface area contributed by atoms with Crippen molar-refractivity contribution in [2.75, 3.05) is 28.4 Å². The maximum Gasteiger partial charge on any atom is 0.196 e. The quantitative estimate of drug-likeness (QED) is 0.173. The maximum atomic E-state index is 15.4. The normalized spacial score (nSPS) is 16.2. The number of benzene rings is 5. The predicted octanol–water partition coefficient (Wildman–Crippen LogP) is 7.59. The summed E-state index contributed by atoms with van der Waals surface area (Å²) in [5, 5.41) is 3.61. The molecule has 11 heteroatoms. The van der Waals surface area contributed by atoms with Crippen LogP contribution in [0.25, 0.3) is 0 Å². The van der Waals surface area contributed by atoms with Crippen LogP contribution in [0.1, 0.15) is 27.8 Å². The van der Waals surface area contributed by atoms with E-state index in [1.807, 2.05) is 72.8 Å². The van der Waals surface area contributed by atoms with Crippen molar-refractivity contribution in [1.82, 2.24) is 5.32 Å². The van der Waals surface area contributed by atoms with Gasteiger partial charge in [-0.1, -0.05) is 48.5 Å². The molecule has 8 nitrogen and oxygen atoms in total. The van der Waals surface area contributed by atoms with Gasteiger partial charge in [-0.05, 0) is 59.7 Å². The number of aliphatic imine (C=N–C) groups is 3. The van der Waals surface area contributed by atoms with Crippen LogP contribution >= 0.6 is 0 Å². The molecule has 0 saturated heterocycles. The summed E-state index contributed by atoms with van der Waals surface area (Å²) in [5.41, 5.74) is 1.49. The Kier molecular flexibility index (Phi) is 8.78. The van der Waals surface area contributed by atoms with Gasteiger partial charge >= 0.3 is 0 Å². The zero-order valence-corrected chi connectivity index (χ0v) is 28.0. The lowest BCUT2D eigenvalue weighted by Gasteiger charge is -2.33. The van der Waals surface area contributed by atoms with Crippen LogP contribution in [0.5, 0.6) is 23.0 Å². The van der Waals surface area contributed by atoms with Crippen LogP contribution in [0.15, 0.2) is 136 Å². The number of halogens is 3. The highest BCUT2D eigenvalue weighted by Gasteiger charge is 2.47. The first kappa shape index (κ1) is 33.2. The van der Waals surface area contributed by atoms with Crippen LogP contribution in [-0.4, -0.2) is 45.6 Å². The van der Waals surface area contributed by atoms with E-state index in [2.05, 4.69) is 5.32 Å². The summed E-state index contributed by atoms with van der Waals surface area (Å²) < 4.78 is 67.2. The third-order valence-electron chi connectivity index (χ3n) is 8.69. The summed E-state index contributed by atoms with van der Waals surface area (Å²) in [4.78, 5) is 14.7. The fourth-order valence-electron chi connectivity index (χ4n) is 6.28. The summed E-state index contributed by atoms with van der Waals surface area (Å²) in [5.74, 6) is -0.779. The van der Waals surface area contributed by atoms with E-state index in [4.69, 9.17) is 33.9 Å². The molecular weight excluding hydrogens is 657 g/mol. The Labute approximate surface area is 292 Å². The van der Waals surface area contributed by atoms with Crippen molar-refractivity contribution < 1.29 is 32.1 Å². The summed E-state index contributed by atoms with van der Waals surface area (Å²) in [7, 11) is 6.25. The minimum Gasteiger partial charge on any atom is -0.497 e. The molecule has 2 heterocycles. The summed E-state index contributed by atoms with van der Waals surface area (Å²) >= 11 is 0. The van der Waals surface area contributed by atoms with Gasteiger partial charge in [-0.2, -0.15) is 0 Å². The van der Waals surface area contributed by atoms with E-state index in [9.17, 15) is 4.39 Å². The van der Waals surface area contributed by atoms with E-state index in [0.29, 0.717) is 52.0 Å². The molecule has 2 aliphatic heterocycles. The maximum absolute atomic E-state index is 15.4. The standard InChI is InChI=1S/C40H31F3N4O4/c1-48-28-13-5-9-23(17-28)35-36(34-32(42)21-27(41)22-33(34)43)45-38(44-35)39-46-37(24-10-6-14-29(18-24)49-2)40(47-39,25-11-7-15-30(19-25)50-3)26-12-8-16-31(20-26)51-4/h5-22,47H,1-4H3. The number of nitrogens with one attached hydrogen (secondary N) is 1. The summed E-state index contributed by atoms with van der Waals surface area (Å²) in [6.07, 6.45) is 0. The van der Waals surface area contributed by atoms with Gasteiger partial charge in [-0.15, -0.1) is 0 Å². The lowest BCUT2D eigenvalue weighted by molar-refractivity contribution is 0.411. The average Bonchev–Trinajstić information content (AvgIpc) is 3.78. The Morgan fingerprint density at radius 3 is 1.55 bits per heavy atom. The lowest BCUT2D eigenvalue weighted by Crippen LogP contribution is -2.45. The first-order valence-electron chi connectivity index (χ1n) is 15.8. The molecule has 0 aliphatic carbocycles. The molecule has 2 aliphatic rings. The molecule has 0 spiro atoms. The van der Waals surface area contributed by atoms with Crippen LogP contribution in [0.3, 0.4) is 0 Å². The number of hydrogen-bond donors (Lipinski definition) is 1. The molecular formula is C40H31F3N4O4. The molecule has 0 radical (unpaired) electrons. The largest absolute Gasteiger partial charge is 0.497 e. The Hall–Kier alpha value is -6.36. The second kappa shape index (κ2) is 13.5. The third-order valence-corrected chi connectivity index (χ3v) is 8.69. The molecule has 7 rings (SSSR count). The Bertz CT molecular complexity index is 2230. The van der Waals surface area contributed by atoms with Crippen LogP contribution in [0.2, 0.25) is 0 Å². The highest BCUT2D eigenvalue weighted by molar-refractivity contribution is 6.55. The van der Waals surface area contributed by atoms with E-state index in [0.717, 1.165) is 11.1 Å². The topological polar surface area (TPSA) is 86.0 Å². The molecule has 5 aromatic carbocycles. The van der Waals surface area contributed by atoms with Crippen molar-refractivity contribution in [2.45, 2.75) is 5.54 Å². The van der Waals surface area contributed by atoms with E-state index in [1.165, 1.54) is 7.11 Å². The Balaban J connectivity index is 1.54. The molecule has 256 valence electrons. The van der Waals surface area contributed by atoms with Crippen molar-refractivity contribution in [3.05, 3.63) is 166 Å². The van der Waals surface area contributed by atoms with Gasteiger partial charge in [0.2, 0.25) is 0 Å². The molecule has 5 aromatic rings. The molecule has 0 saturated carbocycles. The highest BCUT2D eigenvalue weighted by atomic mass is 19.1. The Morgan fingerprint density at radius 2 is 1.00 bits per heavy atom. The number of rotatable bonds is 9. The molecule has 0 aromatic heterocycles. The first-order valence-corrected chi connectivity index (χ1v) is 15.8. The van der Waals surface area contributed by atoms with Crippen molar-refractivity contribution in [3.8, 4) is 23.0 Å². The zero-order valence-electron chi connectivity index (χ0n) is 28.0. The average molecular weight is 689 g/mol. The second-order valence-corrected chi connectivity index (χ2v) is 11.6. The van der Waals surface area contributed by atoms with Gasteiger partial charge in [0.25, 0.3) is 0 Å². The van der Waals surface area contributed by atoms with Crippen LogP contribution in [0.4, 0.5) is 13.2 Å². The molecule has 0 unspecified atom stereocenters. The van der Waals surface area contributed by atoms with Gasteiger partial charge in [0.15, 0.2) is 11.6 Å². The van der Waals surface area contributed by atoms with Gasteiger partial charge in [0.05, 0.1) is 45.4 Å². The number of ether oxygens (including phenoxy) is 4. The van der Waals surface area contributed by atoms with Gasteiger partial charge in [-0.25, -0.2) is 28.1 Å². The van der Waals surface area contributed by atoms with Gasteiger partial charge in [-0.3, -0.25) is 0 Å². The zero-order chi connectivity index (χ0) is 35.7. The predicted molar refractivity (Wildman–Crippen MR) is 189 cm³/mol. The van der Waals surface area contributed by atoms with Crippen molar-refractivity contribution in [2.24, 2.45) is 15.0 Å². The summed E-state index contributed by atoms with van der Waals surface area (Å²) in [6, 6.07) is 30.6. The van der Waals surface area contributed by atoms with Gasteiger partial charge in [0, 0.05) is 23.3 Å². The Morgan fingerprint density at radius 1 is 0.529 bits per heavy atom. The number of methoxy groups -OCH3 is 4. The molecule has 1 N–H and O–H groups in total. The number of nitrogens with zero attached hydrogens (tertiary/aromatic N) is 3. The SMILES string of the molecule is COc1cccc(C2=NC(=C3N=C(c4cccc(OC)c4)C(c4cccc(OC)c4)(c4cccc(OC)c4)N3)N=C2c2c(F)cc(F)cc2F)c1. The van der Waals surface area contributed by atoms with E-state index in [1.54, 1.807) is 45.6 Å². The minimum atomic E-state index is -1.20. The molecule has 0 fully saturated rings. The minimum absolute atomic E-state index is 0.0407. The summed E-state index contributed by atoms with van der Waals surface area (Å²) in [6.45, 7) is 0. The van der Waals surface area contributed by atoms with Gasteiger partial charge < -0.3 is 24.3 Å². The van der Waals surface area contributed by atoms with E-state index in [-0.39, 0.29) is 23.1 Å². The number of hydrogen-bond acceptors (Lipinski definition) is 8. The van der Waals surface area contributed by atoms with E-state index >= 15 is 8.78 Å². The monoisotopic (exact) mass is 688 g/mol. The molecule has 0 atom stereocenters. The van der Waals surface area contributed by atoms with E-state index < -0.39 is 28.6 Å². The van der Waals surface area contributed by atoms with Crippen LogP contribution in [-0.2, 0) is 5.54 Å². The smallest absolute Gasteiger partial charge is 0.196 e. The van der Waals surface area contributed by atoms with Gasteiger partial charge in [0.1, 0.15) is 51.7 Å². The fourth-order valence-corrected chi connectivity index (χ4v) is 6.28. The van der Waals surface area contributed by atoms with Crippen molar-refractivity contribution in [1.29, 1.82) is 0 Å². The lowest BCUT2D eigenvalue weighted by atomic mass is 9.77. The fraction of sp³-hybridized carbons (Fsp3) is 0.125. The van der Waals surface area contributed by atoms with Crippen molar-refractivity contribution in [3.63, 3.8) is 0 Å². The molecule has 0 bridgehead atoms. The second-order valence-electron chi connectivity index (χ2n) is 11.6. The van der Waals surface area contributed by atoms with Crippen LogP contribution in [0, 0.1) is 17.5 Å². The molecule has 51 heavy (non-hydrogen) atoms. The van der Waals surface area contributed by atoms with Crippen LogP contribution < -0.4 is 24.3 Å². The highest BCUT2D eigenvalue weighted by Crippen LogP contribution is 2.43.